The number of carbonyl (C=O) groups excluding carboxylic acids is 4. The highest BCUT2D eigenvalue weighted by Crippen LogP contribution is 2.41. The number of H-pyrrole nitrogens is 4. The van der Waals surface area contributed by atoms with Gasteiger partial charge in [0.05, 0.1) is 71.4 Å². The zero-order valence-corrected chi connectivity index (χ0v) is 40.9. The largest absolute Gasteiger partial charge is 0.378 e. The van der Waals surface area contributed by atoms with Crippen LogP contribution in [0, 0.1) is 5.92 Å². The molecule has 9 aromatic rings. The van der Waals surface area contributed by atoms with E-state index in [9.17, 15) is 19.2 Å². The second-order valence-corrected chi connectivity index (χ2v) is 18.8. The maximum atomic E-state index is 14.1. The van der Waals surface area contributed by atoms with Gasteiger partial charge in [-0.05, 0) is 55.3 Å². The molecular weight excluding hydrogens is 957 g/mol. The molecule has 75 heavy (non-hydrogen) atoms. The number of fused-ring (bicyclic) bond motifs is 4. The van der Waals surface area contributed by atoms with Gasteiger partial charge in [-0.3, -0.25) is 34.4 Å². The summed E-state index contributed by atoms with van der Waals surface area (Å²) in [4.78, 5) is 92.3. The summed E-state index contributed by atoms with van der Waals surface area (Å²) < 4.78 is 11.0. The van der Waals surface area contributed by atoms with Crippen LogP contribution in [-0.4, -0.2) is 146 Å². The number of aromatic nitrogens is 12. The predicted octanol–water partition coefficient (Wildman–Crippen LogP) is 6.50. The molecule has 378 valence electrons. The molecule has 0 bridgehead atoms. The van der Waals surface area contributed by atoms with Crippen LogP contribution in [0.1, 0.15) is 60.8 Å². The average molecular weight is 1010 g/mol. The summed E-state index contributed by atoms with van der Waals surface area (Å²) >= 11 is 0. The van der Waals surface area contributed by atoms with Crippen LogP contribution in [0.15, 0.2) is 85.6 Å². The van der Waals surface area contributed by atoms with Crippen LogP contribution < -0.4 is 10.6 Å². The number of imidazole rings is 2. The quantitative estimate of drug-likeness (QED) is 0.0762. The molecule has 22 heteroatoms. The Bertz CT molecular complexity index is 3710. The molecule has 10 heterocycles. The Morgan fingerprint density at radius 1 is 0.720 bits per heavy atom. The normalized spacial score (nSPS) is 16.2. The van der Waals surface area contributed by atoms with Crippen LogP contribution in [-0.2, 0) is 23.9 Å². The van der Waals surface area contributed by atoms with E-state index < -0.39 is 5.92 Å². The Kier molecular flexibility index (Phi) is 12.4. The van der Waals surface area contributed by atoms with Gasteiger partial charge in [0, 0.05) is 97.2 Å². The third-order valence-electron chi connectivity index (χ3n) is 14.0. The number of ether oxygens (including phenoxy) is 2. The molecule has 2 saturated heterocycles. The third-order valence-corrected chi connectivity index (χ3v) is 14.0. The molecule has 0 saturated carbocycles. The van der Waals surface area contributed by atoms with Crippen molar-refractivity contribution >= 4 is 73.8 Å². The highest BCUT2D eigenvalue weighted by molar-refractivity contribution is 6.20. The average Bonchev–Trinajstić information content (AvgIpc) is 4.32. The maximum absolute atomic E-state index is 14.1. The minimum Gasteiger partial charge on any atom is -0.378 e. The topological polar surface area (TPSA) is 284 Å². The number of nitrogens with zero attached hydrogens (tertiary/aromatic N) is 10. The van der Waals surface area contributed by atoms with E-state index >= 15 is 0 Å². The number of nitrogens with one attached hydrogen (secondary N) is 6. The number of amides is 4. The SMILES string of the molecule is CCC(=O)Nc1ccc(-c2cnc3n[nH]c(-c4nc5c([nH]4)C(CC(C)C(=O)Nc4cncc(-c6cnc7n[nH]c(-c8nc9c(C(=O)N%10CCOCC%10)cccc9[nH]8)c7c6)c4)CC=C5C(=O)N4CCOCC4)c3c2)cn1. The number of carbonyl (C=O) groups is 4. The van der Waals surface area contributed by atoms with E-state index in [0.717, 1.165) is 27.9 Å². The van der Waals surface area contributed by atoms with Gasteiger partial charge in [-0.25, -0.2) is 24.9 Å². The monoisotopic (exact) mass is 1010 g/mol. The Balaban J connectivity index is 0.784. The minimum atomic E-state index is -0.474. The highest BCUT2D eigenvalue weighted by atomic mass is 16.5. The molecule has 22 nitrogen and oxygen atoms in total. The van der Waals surface area contributed by atoms with Gasteiger partial charge in [-0.2, -0.15) is 10.2 Å². The number of morpholine rings is 2. The van der Waals surface area contributed by atoms with E-state index in [1.165, 1.54) is 0 Å². The molecule has 3 aliphatic rings. The Labute approximate surface area is 427 Å². The van der Waals surface area contributed by atoms with Crippen LogP contribution >= 0.6 is 0 Å². The number of allylic oxidation sites excluding steroid dienone is 1. The Hall–Kier alpha value is -9.02. The molecule has 8 aromatic heterocycles. The predicted molar refractivity (Wildman–Crippen MR) is 278 cm³/mol. The van der Waals surface area contributed by atoms with E-state index in [-0.39, 0.29) is 29.5 Å². The molecule has 0 radical (unpaired) electrons. The summed E-state index contributed by atoms with van der Waals surface area (Å²) in [5.74, 6) is 0.214. The molecule has 1 aliphatic carbocycles. The summed E-state index contributed by atoms with van der Waals surface area (Å²) in [6, 6.07) is 14.9. The van der Waals surface area contributed by atoms with Crippen LogP contribution in [0.25, 0.3) is 84.0 Å². The molecule has 4 amide bonds. The second kappa shape index (κ2) is 19.8. The smallest absolute Gasteiger partial charge is 0.256 e. The Morgan fingerprint density at radius 3 is 2.05 bits per heavy atom. The van der Waals surface area contributed by atoms with Crippen molar-refractivity contribution in [2.75, 3.05) is 63.2 Å². The number of para-hydroxylation sites is 1. The molecule has 2 unspecified atom stereocenters. The van der Waals surface area contributed by atoms with Crippen molar-refractivity contribution < 1.29 is 28.7 Å². The summed E-state index contributed by atoms with van der Waals surface area (Å²) in [5, 5.41) is 22.4. The minimum absolute atomic E-state index is 0.0967. The number of hydrogen-bond acceptors (Lipinski definition) is 14. The van der Waals surface area contributed by atoms with Crippen molar-refractivity contribution in [1.29, 1.82) is 0 Å². The van der Waals surface area contributed by atoms with Crippen molar-refractivity contribution in [2.45, 2.75) is 39.0 Å². The highest BCUT2D eigenvalue weighted by Gasteiger charge is 2.34. The van der Waals surface area contributed by atoms with Crippen molar-refractivity contribution in [3.63, 3.8) is 0 Å². The summed E-state index contributed by atoms with van der Waals surface area (Å²) in [6.07, 6.45) is 11.6. The van der Waals surface area contributed by atoms with Crippen LogP contribution in [0.5, 0.6) is 0 Å². The fourth-order valence-corrected chi connectivity index (χ4v) is 9.89. The van der Waals surface area contributed by atoms with Gasteiger partial charge in [0.1, 0.15) is 22.7 Å². The van der Waals surface area contributed by atoms with Gasteiger partial charge in [-0.15, -0.1) is 0 Å². The fraction of sp³-hybridized carbons (Fsp3) is 0.283. The molecule has 2 aliphatic heterocycles. The van der Waals surface area contributed by atoms with E-state index in [0.29, 0.717) is 156 Å². The van der Waals surface area contributed by atoms with Crippen molar-refractivity contribution in [2.24, 2.45) is 5.92 Å². The first-order chi connectivity index (χ1) is 36.6. The first kappa shape index (κ1) is 47.0. The van der Waals surface area contributed by atoms with Gasteiger partial charge in [-0.1, -0.05) is 26.0 Å². The lowest BCUT2D eigenvalue weighted by atomic mass is 9.83. The zero-order chi connectivity index (χ0) is 51.2. The summed E-state index contributed by atoms with van der Waals surface area (Å²) in [5.41, 5.74) is 9.23. The van der Waals surface area contributed by atoms with Crippen molar-refractivity contribution in [3.05, 3.63) is 103 Å². The number of anilines is 2. The lowest BCUT2D eigenvalue weighted by Gasteiger charge is -2.29. The lowest BCUT2D eigenvalue weighted by Crippen LogP contribution is -2.41. The summed E-state index contributed by atoms with van der Waals surface area (Å²) in [6.45, 7) is 7.55. The van der Waals surface area contributed by atoms with Gasteiger partial charge < -0.3 is 39.9 Å². The maximum Gasteiger partial charge on any atom is 0.256 e. The van der Waals surface area contributed by atoms with Gasteiger partial charge in [0.15, 0.2) is 22.9 Å². The zero-order valence-electron chi connectivity index (χ0n) is 40.9. The number of hydrogen-bond donors (Lipinski definition) is 6. The third kappa shape index (κ3) is 9.13. The molecule has 0 spiro atoms. The Morgan fingerprint density at radius 2 is 1.37 bits per heavy atom. The number of aromatic amines is 4. The van der Waals surface area contributed by atoms with Gasteiger partial charge in [0.25, 0.3) is 11.8 Å². The lowest BCUT2D eigenvalue weighted by molar-refractivity contribution is -0.129. The first-order valence-corrected chi connectivity index (χ1v) is 24.9. The number of pyridine rings is 4. The number of benzene rings is 1. The van der Waals surface area contributed by atoms with Crippen molar-refractivity contribution in [1.82, 2.24) is 70.1 Å². The van der Waals surface area contributed by atoms with Gasteiger partial charge in [0.2, 0.25) is 11.8 Å². The molecule has 1 aromatic carbocycles. The molecule has 2 atom stereocenters. The molecule has 6 N–H and O–H groups in total. The standard InChI is InChI=1S/C53H50N16O6/c1-3-41(70)60-40-10-8-30(24-55-40)32-21-37-46(65-67-47(37)56-25-32)50-61-42-29(7-9-36(44(42)63-50)53(73)69-13-17-75-18-14-69)19-28(2)51(71)58-34-20-31(23-54-27-34)33-22-38-45(64-66-48(38)57-26-33)49-59-39-6-4-5-35(43(39)62-49)52(72)68-11-15-74-16-12-68/h4-6,8-10,20-29H,3,7,11-19H2,1-2H3,(H,58,71)(H,59,62)(H,61,63)(H,55,60,70)(H,56,65,67)(H,57,64,66). The first-order valence-electron chi connectivity index (χ1n) is 24.9. The second-order valence-electron chi connectivity index (χ2n) is 18.8. The summed E-state index contributed by atoms with van der Waals surface area (Å²) in [7, 11) is 0. The van der Waals surface area contributed by atoms with Crippen LogP contribution in [0.3, 0.4) is 0 Å². The van der Waals surface area contributed by atoms with E-state index in [4.69, 9.17) is 19.4 Å². The molecule has 2 fully saturated rings. The molecular formula is C53H50N16O6. The van der Waals surface area contributed by atoms with Crippen molar-refractivity contribution in [3.8, 4) is 45.3 Å². The van der Waals surface area contributed by atoms with E-state index in [1.54, 1.807) is 59.8 Å². The number of rotatable bonds is 12. The van der Waals surface area contributed by atoms with Gasteiger partial charge >= 0.3 is 0 Å². The van der Waals surface area contributed by atoms with Crippen LogP contribution in [0.2, 0.25) is 0 Å². The molecule has 12 rings (SSSR count). The fourth-order valence-electron chi connectivity index (χ4n) is 9.89. The van der Waals surface area contributed by atoms with E-state index in [2.05, 4.69) is 60.9 Å². The van der Waals surface area contributed by atoms with Crippen LogP contribution in [0.4, 0.5) is 11.5 Å². The van der Waals surface area contributed by atoms with E-state index in [1.807, 2.05) is 49.4 Å².